The Morgan fingerprint density at radius 2 is 2.10 bits per heavy atom. The average molecular weight is 286 g/mol. The van der Waals surface area contributed by atoms with Crippen LogP contribution in [-0.2, 0) is 4.79 Å². The zero-order valence-corrected chi connectivity index (χ0v) is 10.1. The minimum Gasteiger partial charge on any atom is -0.361 e. The summed E-state index contributed by atoms with van der Waals surface area (Å²) in [5.74, 6) is -1.78. The van der Waals surface area contributed by atoms with Crippen molar-refractivity contribution in [2.45, 2.75) is 12.2 Å². The smallest absolute Gasteiger partial charge is 0.361 e. The molecule has 0 saturated heterocycles. The zero-order valence-electron chi connectivity index (χ0n) is 10.1. The van der Waals surface area contributed by atoms with E-state index in [0.717, 1.165) is 18.3 Å². The number of carbonyl (C=O) groups is 1. The van der Waals surface area contributed by atoms with E-state index in [4.69, 9.17) is 0 Å². The first-order chi connectivity index (χ1) is 9.34. The Balaban J connectivity index is 2.57. The van der Waals surface area contributed by atoms with Crippen LogP contribution in [0.2, 0.25) is 0 Å². The van der Waals surface area contributed by atoms with Crippen LogP contribution in [0.25, 0.3) is 10.9 Å². The number of hydrogen-bond donors (Lipinski definition) is 2. The van der Waals surface area contributed by atoms with Crippen molar-refractivity contribution in [3.8, 4) is 0 Å². The Bertz CT molecular complexity index is 660. The summed E-state index contributed by atoms with van der Waals surface area (Å²) in [5.41, 5.74) is -0.150. The lowest BCUT2D eigenvalue weighted by molar-refractivity contribution is -0.161. The van der Waals surface area contributed by atoms with Gasteiger partial charge >= 0.3 is 6.18 Å². The molecule has 0 aliphatic heterocycles. The number of rotatable bonds is 3. The van der Waals surface area contributed by atoms with E-state index in [9.17, 15) is 22.4 Å². The Hall–Kier alpha value is -2.31. The summed E-state index contributed by atoms with van der Waals surface area (Å²) >= 11 is 0. The maximum absolute atomic E-state index is 13.7. The van der Waals surface area contributed by atoms with Gasteiger partial charge in [0, 0.05) is 22.7 Å². The Morgan fingerprint density at radius 1 is 1.40 bits per heavy atom. The summed E-state index contributed by atoms with van der Waals surface area (Å²) in [5, 5.41) is 1.56. The molecule has 0 aliphatic carbocycles. The molecule has 1 atom stereocenters. The van der Waals surface area contributed by atoms with Crippen LogP contribution in [0.4, 0.5) is 17.6 Å². The van der Waals surface area contributed by atoms with Gasteiger partial charge in [0.1, 0.15) is 5.82 Å². The summed E-state index contributed by atoms with van der Waals surface area (Å²) in [6, 6.07) is 1.58. The molecule has 1 aromatic heterocycles. The first-order valence-electron chi connectivity index (χ1n) is 5.59. The number of aromatic nitrogens is 1. The molecular weight excluding hydrogens is 276 g/mol. The number of H-pyrrole nitrogens is 1. The van der Waals surface area contributed by atoms with Crippen molar-refractivity contribution >= 4 is 16.8 Å². The molecule has 2 aromatic rings. The molecule has 7 heteroatoms. The molecule has 0 saturated carbocycles. The quantitative estimate of drug-likeness (QED) is 0.660. The van der Waals surface area contributed by atoms with E-state index in [1.165, 1.54) is 12.1 Å². The van der Waals surface area contributed by atoms with Gasteiger partial charge in [0.05, 0.1) is 0 Å². The first-order valence-corrected chi connectivity index (χ1v) is 5.59. The maximum atomic E-state index is 13.7. The second-order valence-corrected chi connectivity index (χ2v) is 4.09. The highest BCUT2D eigenvalue weighted by Gasteiger charge is 2.43. The topological polar surface area (TPSA) is 44.9 Å². The number of fused-ring (bicyclic) bond motifs is 1. The van der Waals surface area contributed by atoms with Crippen molar-refractivity contribution in [3.63, 3.8) is 0 Å². The number of nitrogens with one attached hydrogen (secondary N) is 2. The highest BCUT2D eigenvalue weighted by Crippen LogP contribution is 2.37. The molecule has 1 aromatic carbocycles. The highest BCUT2D eigenvalue weighted by molar-refractivity contribution is 5.89. The normalized spacial score (nSPS) is 13.2. The molecular formula is C13H10F4N2O. The standard InChI is InChI=1S/C13H10F4N2O/c1-2-10(20)19-12(13(15,16)17)7-6-18-9-5-3-4-8(14)11(7)9/h2-6,12,18H,1H2,(H,19,20). The Labute approximate surface area is 111 Å². The molecule has 0 spiro atoms. The van der Waals surface area contributed by atoms with Gasteiger partial charge in [-0.2, -0.15) is 13.2 Å². The number of alkyl halides is 3. The van der Waals surface area contributed by atoms with E-state index in [2.05, 4.69) is 11.6 Å². The highest BCUT2D eigenvalue weighted by atomic mass is 19.4. The maximum Gasteiger partial charge on any atom is 0.412 e. The lowest BCUT2D eigenvalue weighted by Crippen LogP contribution is -2.37. The summed E-state index contributed by atoms with van der Waals surface area (Å²) in [4.78, 5) is 13.7. The van der Waals surface area contributed by atoms with Crippen LogP contribution in [-0.4, -0.2) is 17.1 Å². The van der Waals surface area contributed by atoms with Crippen molar-refractivity contribution in [2.75, 3.05) is 0 Å². The molecule has 2 rings (SSSR count). The van der Waals surface area contributed by atoms with Gasteiger partial charge in [-0.05, 0) is 18.2 Å². The third-order valence-electron chi connectivity index (χ3n) is 2.80. The molecule has 106 valence electrons. The minimum atomic E-state index is -4.75. The van der Waals surface area contributed by atoms with E-state index in [1.807, 2.05) is 0 Å². The molecule has 0 bridgehead atoms. The van der Waals surface area contributed by atoms with Crippen LogP contribution in [0.5, 0.6) is 0 Å². The summed E-state index contributed by atoms with van der Waals surface area (Å²) in [6.45, 7) is 3.10. The SMILES string of the molecule is C=CC(=O)NC(c1c[nH]c2cccc(F)c12)C(F)(F)F. The van der Waals surface area contributed by atoms with Crippen molar-refractivity contribution < 1.29 is 22.4 Å². The van der Waals surface area contributed by atoms with Crippen LogP contribution in [0.3, 0.4) is 0 Å². The number of benzene rings is 1. The molecule has 20 heavy (non-hydrogen) atoms. The van der Waals surface area contributed by atoms with Crippen LogP contribution in [0.1, 0.15) is 11.6 Å². The predicted octanol–water partition coefficient (Wildman–Crippen LogP) is 3.21. The molecule has 0 aliphatic rings. The fourth-order valence-corrected chi connectivity index (χ4v) is 1.93. The Morgan fingerprint density at radius 3 is 2.70 bits per heavy atom. The molecule has 1 unspecified atom stereocenters. The zero-order chi connectivity index (χ0) is 14.9. The van der Waals surface area contributed by atoms with Gasteiger partial charge in [0.2, 0.25) is 5.91 Å². The Kier molecular flexibility index (Phi) is 3.52. The fraction of sp³-hybridized carbons (Fsp3) is 0.154. The van der Waals surface area contributed by atoms with Gasteiger partial charge in [-0.25, -0.2) is 4.39 Å². The number of amides is 1. The summed E-state index contributed by atoms with van der Waals surface area (Å²) < 4.78 is 52.9. The molecule has 1 heterocycles. The lowest BCUT2D eigenvalue weighted by Gasteiger charge is -2.20. The van der Waals surface area contributed by atoms with E-state index in [-0.39, 0.29) is 16.5 Å². The van der Waals surface area contributed by atoms with Crippen molar-refractivity contribution in [2.24, 2.45) is 0 Å². The second-order valence-electron chi connectivity index (χ2n) is 4.09. The number of carbonyl (C=O) groups excluding carboxylic acids is 1. The molecule has 0 fully saturated rings. The third kappa shape index (κ3) is 2.52. The molecule has 2 N–H and O–H groups in total. The average Bonchev–Trinajstić information content (AvgIpc) is 2.79. The predicted molar refractivity (Wildman–Crippen MR) is 65.4 cm³/mol. The summed E-state index contributed by atoms with van der Waals surface area (Å²) in [6.07, 6.45) is -2.99. The van der Waals surface area contributed by atoms with Crippen LogP contribution < -0.4 is 5.32 Å². The van der Waals surface area contributed by atoms with Crippen molar-refractivity contribution in [1.29, 1.82) is 0 Å². The summed E-state index contributed by atoms with van der Waals surface area (Å²) in [7, 11) is 0. The number of hydrogen-bond acceptors (Lipinski definition) is 1. The number of aromatic amines is 1. The van der Waals surface area contributed by atoms with E-state index in [1.54, 1.807) is 5.32 Å². The number of halogens is 4. The minimum absolute atomic E-state index is 0.195. The third-order valence-corrected chi connectivity index (χ3v) is 2.80. The second kappa shape index (κ2) is 4.99. The van der Waals surface area contributed by atoms with Crippen molar-refractivity contribution in [3.05, 3.63) is 48.4 Å². The van der Waals surface area contributed by atoms with Gasteiger partial charge in [0.15, 0.2) is 6.04 Å². The molecule has 1 amide bonds. The van der Waals surface area contributed by atoms with Crippen LogP contribution >= 0.6 is 0 Å². The van der Waals surface area contributed by atoms with Crippen LogP contribution in [0.15, 0.2) is 37.1 Å². The largest absolute Gasteiger partial charge is 0.412 e. The molecule has 0 radical (unpaired) electrons. The van der Waals surface area contributed by atoms with E-state index >= 15 is 0 Å². The van der Waals surface area contributed by atoms with E-state index < -0.39 is 23.9 Å². The van der Waals surface area contributed by atoms with Crippen LogP contribution in [0, 0.1) is 5.82 Å². The van der Waals surface area contributed by atoms with Crippen molar-refractivity contribution in [1.82, 2.24) is 10.3 Å². The first kappa shape index (κ1) is 14.1. The van der Waals surface area contributed by atoms with Gasteiger partial charge in [0.25, 0.3) is 0 Å². The monoisotopic (exact) mass is 286 g/mol. The molecule has 3 nitrogen and oxygen atoms in total. The van der Waals surface area contributed by atoms with Gasteiger partial charge in [-0.3, -0.25) is 4.79 Å². The lowest BCUT2D eigenvalue weighted by atomic mass is 10.0. The van der Waals surface area contributed by atoms with Gasteiger partial charge in [-0.1, -0.05) is 12.6 Å². The van der Waals surface area contributed by atoms with E-state index in [0.29, 0.717) is 0 Å². The van der Waals surface area contributed by atoms with Gasteiger partial charge < -0.3 is 10.3 Å². The fourth-order valence-electron chi connectivity index (χ4n) is 1.93. The van der Waals surface area contributed by atoms with Gasteiger partial charge in [-0.15, -0.1) is 0 Å².